The third-order valence-electron chi connectivity index (χ3n) is 5.64. The molecule has 0 amide bonds. The Bertz CT molecular complexity index is 1140. The van der Waals surface area contributed by atoms with Crippen molar-refractivity contribution in [2.45, 2.75) is 51.4 Å². The van der Waals surface area contributed by atoms with Crippen LogP contribution in [0, 0.1) is 5.92 Å². The number of hydrogen-bond donors (Lipinski definition) is 1. The molecule has 29 heavy (non-hydrogen) atoms. The Morgan fingerprint density at radius 3 is 2.66 bits per heavy atom. The second kappa shape index (κ2) is 8.10. The molecule has 156 valence electrons. The van der Waals surface area contributed by atoms with Crippen molar-refractivity contribution >= 4 is 26.6 Å². The largest absolute Gasteiger partial charge is 0.403 e. The van der Waals surface area contributed by atoms with Gasteiger partial charge >= 0.3 is 11.6 Å². The standard InChI is InChI=1S/C19H23N3O6S/c23-15-11-13(6-5-12-3-1-2-4-12)16-17(24)20-19(21-18(16)27-15)28-22-14-7-9-29(25,26)10-8-14/h11-12H,1-10H2,(H,20,21,24). The summed E-state index contributed by atoms with van der Waals surface area (Å²) in [4.78, 5) is 36.3. The minimum absolute atomic E-state index is 0.0239. The van der Waals surface area contributed by atoms with Crippen LogP contribution >= 0.6 is 0 Å². The third kappa shape index (κ3) is 4.75. The molecule has 10 heteroatoms. The first-order valence-electron chi connectivity index (χ1n) is 9.90. The fourth-order valence-electron chi connectivity index (χ4n) is 4.00. The molecule has 0 unspecified atom stereocenters. The number of nitrogens with zero attached hydrogens (tertiary/aromatic N) is 2. The molecule has 3 heterocycles. The number of aromatic nitrogens is 2. The highest BCUT2D eigenvalue weighted by Crippen LogP contribution is 2.29. The fourth-order valence-corrected chi connectivity index (χ4v) is 5.30. The van der Waals surface area contributed by atoms with Crippen molar-refractivity contribution in [3.63, 3.8) is 0 Å². The molecule has 0 atom stereocenters. The fraction of sp³-hybridized carbons (Fsp3) is 0.579. The monoisotopic (exact) mass is 421 g/mol. The van der Waals surface area contributed by atoms with E-state index in [0.717, 1.165) is 6.42 Å². The number of H-pyrrole nitrogens is 1. The molecule has 1 saturated heterocycles. The number of oxime groups is 1. The highest BCUT2D eigenvalue weighted by molar-refractivity contribution is 7.91. The highest BCUT2D eigenvalue weighted by atomic mass is 32.2. The first kappa shape index (κ1) is 19.8. The topological polar surface area (TPSA) is 132 Å². The van der Waals surface area contributed by atoms with E-state index in [0.29, 0.717) is 23.6 Å². The summed E-state index contributed by atoms with van der Waals surface area (Å²) in [5.41, 5.74) is 0.110. The van der Waals surface area contributed by atoms with Crippen LogP contribution in [0.5, 0.6) is 6.01 Å². The summed E-state index contributed by atoms with van der Waals surface area (Å²) in [5.74, 6) is 0.675. The van der Waals surface area contributed by atoms with Crippen molar-refractivity contribution in [2.24, 2.45) is 11.1 Å². The van der Waals surface area contributed by atoms with Gasteiger partial charge in [-0.3, -0.25) is 9.78 Å². The lowest BCUT2D eigenvalue weighted by molar-refractivity contribution is 0.309. The molecule has 0 spiro atoms. The van der Waals surface area contributed by atoms with Crippen LogP contribution in [-0.2, 0) is 16.3 Å². The van der Waals surface area contributed by atoms with Crippen molar-refractivity contribution in [3.05, 3.63) is 32.4 Å². The Balaban J connectivity index is 1.56. The van der Waals surface area contributed by atoms with Gasteiger partial charge in [-0.2, -0.15) is 4.98 Å². The molecule has 2 aromatic rings. The zero-order valence-electron chi connectivity index (χ0n) is 16.0. The van der Waals surface area contributed by atoms with E-state index in [-0.39, 0.29) is 41.5 Å². The van der Waals surface area contributed by atoms with Gasteiger partial charge in [-0.05, 0) is 24.3 Å². The molecule has 1 N–H and O–H groups in total. The van der Waals surface area contributed by atoms with Crippen molar-refractivity contribution in [1.82, 2.24) is 9.97 Å². The van der Waals surface area contributed by atoms with Gasteiger partial charge in [0, 0.05) is 18.9 Å². The predicted octanol–water partition coefficient (Wildman–Crippen LogP) is 1.94. The van der Waals surface area contributed by atoms with Gasteiger partial charge in [0.25, 0.3) is 5.56 Å². The maximum Gasteiger partial charge on any atom is 0.337 e. The summed E-state index contributed by atoms with van der Waals surface area (Å²) in [6.07, 6.45) is 6.95. The first-order chi connectivity index (χ1) is 13.9. The van der Waals surface area contributed by atoms with E-state index in [4.69, 9.17) is 9.25 Å². The van der Waals surface area contributed by atoms with Crippen molar-refractivity contribution in [3.8, 4) is 6.01 Å². The molecule has 0 bridgehead atoms. The number of rotatable bonds is 5. The SMILES string of the molecule is O=c1cc(CCC2CCCC2)c2c(=O)[nH]c(ON=C3CCS(=O)(=O)CC3)nc2o1. The van der Waals surface area contributed by atoms with Crippen LogP contribution in [0.1, 0.15) is 50.5 Å². The van der Waals surface area contributed by atoms with Gasteiger partial charge in [-0.25, -0.2) is 13.2 Å². The number of hydrogen-bond acceptors (Lipinski definition) is 8. The van der Waals surface area contributed by atoms with Crippen LogP contribution in [0.3, 0.4) is 0 Å². The van der Waals surface area contributed by atoms with Crippen LogP contribution in [0.2, 0.25) is 0 Å². The smallest absolute Gasteiger partial charge is 0.337 e. The molecule has 1 saturated carbocycles. The Kier molecular flexibility index (Phi) is 5.53. The first-order valence-corrected chi connectivity index (χ1v) is 11.7. The lowest BCUT2D eigenvalue weighted by Crippen LogP contribution is -2.23. The Morgan fingerprint density at radius 1 is 1.21 bits per heavy atom. The summed E-state index contributed by atoms with van der Waals surface area (Å²) in [6.45, 7) is 0. The molecule has 9 nitrogen and oxygen atoms in total. The van der Waals surface area contributed by atoms with Crippen LogP contribution in [0.4, 0.5) is 0 Å². The van der Waals surface area contributed by atoms with Crippen molar-refractivity contribution in [1.29, 1.82) is 0 Å². The Labute approximate surface area is 167 Å². The Morgan fingerprint density at radius 2 is 1.93 bits per heavy atom. The molecule has 0 aromatic carbocycles. The summed E-state index contributed by atoms with van der Waals surface area (Å²) >= 11 is 0. The molecule has 4 rings (SSSR count). The molecule has 1 aliphatic carbocycles. The molecule has 1 aliphatic heterocycles. The average Bonchev–Trinajstić information content (AvgIpc) is 3.18. The van der Waals surface area contributed by atoms with Crippen molar-refractivity contribution in [2.75, 3.05) is 11.5 Å². The lowest BCUT2D eigenvalue weighted by atomic mass is 9.97. The second-order valence-corrected chi connectivity index (χ2v) is 10.0. The molecular formula is C19H23N3O6S. The number of nitrogens with one attached hydrogen (secondary N) is 1. The molecule has 0 radical (unpaired) electrons. The number of fused-ring (bicyclic) bond motifs is 1. The van der Waals surface area contributed by atoms with E-state index < -0.39 is 21.0 Å². The van der Waals surface area contributed by atoms with Crippen LogP contribution in [0.15, 0.2) is 25.2 Å². The minimum atomic E-state index is -3.02. The van der Waals surface area contributed by atoms with Gasteiger partial charge in [0.05, 0.1) is 17.2 Å². The maximum atomic E-state index is 12.6. The second-order valence-electron chi connectivity index (χ2n) is 7.73. The van der Waals surface area contributed by atoms with Gasteiger partial charge in [0.1, 0.15) is 5.39 Å². The highest BCUT2D eigenvalue weighted by Gasteiger charge is 2.21. The summed E-state index contributed by atoms with van der Waals surface area (Å²) in [7, 11) is -3.02. The van der Waals surface area contributed by atoms with Crippen LogP contribution in [0.25, 0.3) is 11.1 Å². The zero-order chi connectivity index (χ0) is 20.4. The normalized spacial score (nSPS) is 19.5. The summed E-state index contributed by atoms with van der Waals surface area (Å²) in [5, 5.41) is 4.16. The Hall–Kier alpha value is -2.49. The van der Waals surface area contributed by atoms with Gasteiger partial charge in [0.2, 0.25) is 5.71 Å². The lowest BCUT2D eigenvalue weighted by Gasteiger charge is -2.12. The van der Waals surface area contributed by atoms with Gasteiger partial charge in [-0.1, -0.05) is 30.8 Å². The van der Waals surface area contributed by atoms with E-state index in [2.05, 4.69) is 15.1 Å². The molecule has 2 fully saturated rings. The van der Waals surface area contributed by atoms with E-state index in [1.807, 2.05) is 0 Å². The molecule has 2 aromatic heterocycles. The number of aryl methyl sites for hydroxylation is 1. The van der Waals surface area contributed by atoms with E-state index in [1.165, 1.54) is 31.7 Å². The maximum absolute atomic E-state index is 12.6. The molecule has 2 aliphatic rings. The summed E-state index contributed by atoms with van der Waals surface area (Å²) in [6, 6.07) is 1.16. The quantitative estimate of drug-likeness (QED) is 0.730. The van der Waals surface area contributed by atoms with Gasteiger partial charge in [0.15, 0.2) is 9.84 Å². The average molecular weight is 421 g/mol. The predicted molar refractivity (Wildman–Crippen MR) is 107 cm³/mol. The van der Waals surface area contributed by atoms with Crippen LogP contribution in [-0.4, -0.2) is 35.6 Å². The molecular weight excluding hydrogens is 398 g/mol. The van der Waals surface area contributed by atoms with Gasteiger partial charge in [-0.15, -0.1) is 0 Å². The van der Waals surface area contributed by atoms with E-state index >= 15 is 0 Å². The van der Waals surface area contributed by atoms with Crippen LogP contribution < -0.4 is 16.0 Å². The number of aromatic amines is 1. The van der Waals surface area contributed by atoms with E-state index in [9.17, 15) is 18.0 Å². The summed E-state index contributed by atoms with van der Waals surface area (Å²) < 4.78 is 28.0. The third-order valence-corrected chi connectivity index (χ3v) is 7.29. The van der Waals surface area contributed by atoms with Crippen molar-refractivity contribution < 1.29 is 17.7 Å². The van der Waals surface area contributed by atoms with E-state index in [1.54, 1.807) is 0 Å². The van der Waals surface area contributed by atoms with Gasteiger partial charge < -0.3 is 9.25 Å². The number of sulfone groups is 1. The minimum Gasteiger partial charge on any atom is -0.403 e. The zero-order valence-corrected chi connectivity index (χ0v) is 16.8.